The van der Waals surface area contributed by atoms with E-state index in [0.717, 1.165) is 19.3 Å². The van der Waals surface area contributed by atoms with Crippen LogP contribution < -0.4 is 5.11 Å². The molecule has 0 aliphatic heterocycles. The second kappa shape index (κ2) is 16.6. The van der Waals surface area contributed by atoms with Gasteiger partial charge in [-0.15, -0.1) is 0 Å². The van der Waals surface area contributed by atoms with Crippen LogP contribution in [0.1, 0.15) is 39.5 Å². The summed E-state index contributed by atoms with van der Waals surface area (Å²) in [4.78, 5) is 9.76. The standard InChI is InChI=1S/C6H12O2.C2H5.Pd/c1-2-3-4-5-6(7)8;1-2;/h2-5H2,1H3,(H,7,8);1H2,2H3;/q;-1;+2/p-1. The Hall–Kier alpha value is 0.132. The molecular formula is C8H16O2Pd. The molecule has 0 aliphatic carbocycles. The molecule has 0 rings (SSSR count). The molecule has 0 aromatic rings. The number of aliphatic carboxylic acids is 1. The van der Waals surface area contributed by atoms with Crippen LogP contribution in [0.3, 0.4) is 0 Å². The maximum absolute atomic E-state index is 9.76. The molecular weight excluding hydrogens is 235 g/mol. The number of carbonyl (C=O) groups is 1. The van der Waals surface area contributed by atoms with E-state index in [1.807, 2.05) is 6.92 Å². The Labute approximate surface area is 83.0 Å². The normalized spacial score (nSPS) is 7.18. The van der Waals surface area contributed by atoms with Crippen molar-refractivity contribution in [3.05, 3.63) is 6.92 Å². The van der Waals surface area contributed by atoms with Crippen LogP contribution in [0.15, 0.2) is 0 Å². The molecule has 0 amide bonds. The number of carboxylic acid groups (broad SMARTS) is 1. The Morgan fingerprint density at radius 2 is 1.82 bits per heavy atom. The van der Waals surface area contributed by atoms with Gasteiger partial charge in [0, 0.05) is 5.97 Å². The van der Waals surface area contributed by atoms with Gasteiger partial charge in [0.05, 0.1) is 0 Å². The fourth-order valence-electron chi connectivity index (χ4n) is 0.519. The van der Waals surface area contributed by atoms with Gasteiger partial charge >= 0.3 is 20.4 Å². The summed E-state index contributed by atoms with van der Waals surface area (Å²) in [6.07, 6.45) is 3.04. The number of unbranched alkanes of at least 4 members (excludes halogenated alkanes) is 2. The van der Waals surface area contributed by atoms with Gasteiger partial charge in [-0.25, -0.2) is 0 Å². The number of carbonyl (C=O) groups excluding carboxylic acids is 1. The van der Waals surface area contributed by atoms with Gasteiger partial charge in [-0.05, 0) is 12.8 Å². The SMILES string of the molecule is CCCCCC(=O)[O-].[CH2-]C.[Pd+2]. The molecule has 0 unspecified atom stereocenters. The summed E-state index contributed by atoms with van der Waals surface area (Å²) in [6, 6.07) is 0. The predicted molar refractivity (Wildman–Crippen MR) is 40.2 cm³/mol. The largest absolute Gasteiger partial charge is 2.00 e. The van der Waals surface area contributed by atoms with Crippen LogP contribution in [0.4, 0.5) is 0 Å². The van der Waals surface area contributed by atoms with Gasteiger partial charge in [0.15, 0.2) is 0 Å². The van der Waals surface area contributed by atoms with Crippen molar-refractivity contribution < 1.29 is 30.3 Å². The van der Waals surface area contributed by atoms with Crippen molar-refractivity contribution >= 4 is 5.97 Å². The Balaban J connectivity index is -0.000000196. The average molecular weight is 251 g/mol. The van der Waals surface area contributed by atoms with E-state index in [9.17, 15) is 9.90 Å². The molecule has 0 spiro atoms. The fourth-order valence-corrected chi connectivity index (χ4v) is 0.519. The number of carboxylic acids is 1. The smallest absolute Gasteiger partial charge is 0.550 e. The van der Waals surface area contributed by atoms with Crippen LogP contribution in [0.25, 0.3) is 0 Å². The molecule has 0 heterocycles. The number of hydrogen-bond acceptors (Lipinski definition) is 2. The number of hydrogen-bond donors (Lipinski definition) is 0. The quantitative estimate of drug-likeness (QED) is 0.427. The first kappa shape index (κ1) is 17.3. The first-order valence-electron chi connectivity index (χ1n) is 3.68. The minimum absolute atomic E-state index is 0. The average Bonchev–Trinajstić information content (AvgIpc) is 1.92. The minimum atomic E-state index is -0.932. The third-order valence-corrected chi connectivity index (χ3v) is 0.984. The summed E-state index contributed by atoms with van der Waals surface area (Å²) in [5, 5.41) is 9.76. The molecule has 2 nitrogen and oxygen atoms in total. The monoisotopic (exact) mass is 250 g/mol. The fraction of sp³-hybridized carbons (Fsp3) is 0.750. The first-order valence-corrected chi connectivity index (χ1v) is 3.68. The van der Waals surface area contributed by atoms with Gasteiger partial charge in [-0.2, -0.15) is 6.92 Å². The van der Waals surface area contributed by atoms with E-state index < -0.39 is 5.97 Å². The minimum Gasteiger partial charge on any atom is -0.550 e. The number of rotatable bonds is 4. The molecule has 0 aromatic heterocycles. The second-order valence-electron chi connectivity index (χ2n) is 1.83. The predicted octanol–water partition coefficient (Wildman–Crippen LogP) is 1.15. The van der Waals surface area contributed by atoms with Gasteiger partial charge < -0.3 is 16.8 Å². The molecule has 0 bridgehead atoms. The van der Waals surface area contributed by atoms with E-state index in [2.05, 4.69) is 6.92 Å². The van der Waals surface area contributed by atoms with E-state index in [4.69, 9.17) is 0 Å². The Bertz CT molecular complexity index is 74.5. The Morgan fingerprint density at radius 1 is 1.36 bits per heavy atom. The zero-order valence-electron chi connectivity index (χ0n) is 7.17. The summed E-state index contributed by atoms with van der Waals surface area (Å²) >= 11 is 0. The van der Waals surface area contributed by atoms with E-state index in [0.29, 0.717) is 0 Å². The molecule has 0 N–H and O–H groups in total. The summed E-state index contributed by atoms with van der Waals surface area (Å²) < 4.78 is 0. The van der Waals surface area contributed by atoms with Gasteiger partial charge in [0.25, 0.3) is 0 Å². The Morgan fingerprint density at radius 3 is 2.09 bits per heavy atom. The molecule has 3 heteroatoms. The summed E-state index contributed by atoms with van der Waals surface area (Å²) in [5.41, 5.74) is 0. The maximum atomic E-state index is 9.76. The summed E-state index contributed by atoms with van der Waals surface area (Å²) in [7, 11) is 0. The van der Waals surface area contributed by atoms with Crippen molar-refractivity contribution in [2.24, 2.45) is 0 Å². The van der Waals surface area contributed by atoms with Gasteiger partial charge in [-0.3, -0.25) is 0 Å². The van der Waals surface area contributed by atoms with Crippen LogP contribution in [-0.4, -0.2) is 5.97 Å². The van der Waals surface area contributed by atoms with E-state index in [1.165, 1.54) is 0 Å². The zero-order valence-corrected chi connectivity index (χ0v) is 8.72. The van der Waals surface area contributed by atoms with Gasteiger partial charge in [0.1, 0.15) is 0 Å². The molecule has 0 aliphatic rings. The van der Waals surface area contributed by atoms with Crippen LogP contribution >= 0.6 is 0 Å². The third kappa shape index (κ3) is 25.4. The maximum Gasteiger partial charge on any atom is 2.00 e. The van der Waals surface area contributed by atoms with Crippen molar-refractivity contribution in [1.82, 2.24) is 0 Å². The van der Waals surface area contributed by atoms with Crippen LogP contribution in [0.2, 0.25) is 0 Å². The van der Waals surface area contributed by atoms with E-state index in [-0.39, 0.29) is 26.8 Å². The molecule has 11 heavy (non-hydrogen) atoms. The Kier molecular flexibility index (Phi) is 26.1. The van der Waals surface area contributed by atoms with Crippen molar-refractivity contribution in [3.63, 3.8) is 0 Å². The molecule has 0 atom stereocenters. The van der Waals surface area contributed by atoms with E-state index in [1.54, 1.807) is 6.92 Å². The van der Waals surface area contributed by atoms with Crippen molar-refractivity contribution in [3.8, 4) is 0 Å². The van der Waals surface area contributed by atoms with Crippen LogP contribution in [-0.2, 0) is 25.2 Å². The third-order valence-electron chi connectivity index (χ3n) is 0.984. The molecule has 0 saturated carbocycles. The van der Waals surface area contributed by atoms with Crippen LogP contribution in [0.5, 0.6) is 0 Å². The summed E-state index contributed by atoms with van der Waals surface area (Å²) in [6.45, 7) is 7.04. The topological polar surface area (TPSA) is 40.1 Å². The van der Waals surface area contributed by atoms with Gasteiger partial charge in [-0.1, -0.05) is 19.8 Å². The van der Waals surface area contributed by atoms with Crippen LogP contribution in [0, 0.1) is 6.92 Å². The summed E-state index contributed by atoms with van der Waals surface area (Å²) in [5.74, 6) is -0.932. The second-order valence-corrected chi connectivity index (χ2v) is 1.83. The molecule has 70 valence electrons. The molecule has 0 fully saturated rings. The van der Waals surface area contributed by atoms with Crippen molar-refractivity contribution in [2.45, 2.75) is 39.5 Å². The van der Waals surface area contributed by atoms with Crippen molar-refractivity contribution in [1.29, 1.82) is 0 Å². The zero-order chi connectivity index (χ0) is 8.41. The molecule has 0 saturated heterocycles. The van der Waals surface area contributed by atoms with Gasteiger partial charge in [0.2, 0.25) is 0 Å². The molecule has 0 radical (unpaired) electrons. The molecule has 0 aromatic carbocycles. The van der Waals surface area contributed by atoms with E-state index >= 15 is 0 Å². The van der Waals surface area contributed by atoms with Crippen molar-refractivity contribution in [2.75, 3.05) is 0 Å². The first-order chi connectivity index (χ1) is 4.77.